The van der Waals surface area contributed by atoms with E-state index >= 15 is 0 Å². The highest BCUT2D eigenvalue weighted by molar-refractivity contribution is 7.89. The molecular weight excluding hydrogens is 376 g/mol. The number of nitrogens with one attached hydrogen (secondary N) is 1. The Kier molecular flexibility index (Phi) is 5.95. The van der Waals surface area contributed by atoms with E-state index in [1.54, 1.807) is 22.5 Å². The third-order valence-corrected chi connectivity index (χ3v) is 7.35. The van der Waals surface area contributed by atoms with Gasteiger partial charge >= 0.3 is 0 Å². The molecule has 0 spiro atoms. The molecule has 0 bridgehead atoms. The summed E-state index contributed by atoms with van der Waals surface area (Å²) < 4.78 is 33.2. The quantitative estimate of drug-likeness (QED) is 0.818. The Morgan fingerprint density at radius 2 is 2.00 bits per heavy atom. The molecule has 1 aliphatic rings. The number of benzene rings is 1. The molecule has 0 saturated carbocycles. The average Bonchev–Trinajstić information content (AvgIpc) is 3.00. The van der Waals surface area contributed by atoms with Crippen LogP contribution in [0.4, 0.5) is 0 Å². The van der Waals surface area contributed by atoms with Crippen LogP contribution in [0.3, 0.4) is 0 Å². The van der Waals surface area contributed by atoms with Crippen molar-refractivity contribution in [3.05, 3.63) is 53.0 Å². The average molecular weight is 405 g/mol. The molecule has 1 amide bonds. The summed E-state index contributed by atoms with van der Waals surface area (Å²) in [5.41, 5.74) is 1.24. The van der Waals surface area contributed by atoms with Crippen molar-refractivity contribution in [1.82, 2.24) is 9.62 Å². The molecule has 2 aromatic rings. The lowest BCUT2D eigenvalue weighted by Crippen LogP contribution is -2.42. The number of furan rings is 1. The van der Waals surface area contributed by atoms with Gasteiger partial charge in [0.15, 0.2) is 0 Å². The monoisotopic (exact) mass is 404 g/mol. The first-order valence-corrected chi connectivity index (χ1v) is 11.1. The van der Waals surface area contributed by atoms with E-state index in [2.05, 4.69) is 5.32 Å². The number of hydrogen-bond donors (Lipinski definition) is 1. The van der Waals surface area contributed by atoms with Gasteiger partial charge in [0.1, 0.15) is 11.5 Å². The maximum atomic E-state index is 13.0. The molecule has 0 radical (unpaired) electrons. The first-order chi connectivity index (χ1) is 13.2. The lowest BCUT2D eigenvalue weighted by atomic mass is 10.1. The smallest absolute Gasteiger partial charge is 0.251 e. The Morgan fingerprint density at radius 3 is 2.64 bits per heavy atom. The van der Waals surface area contributed by atoms with Crippen LogP contribution in [0.1, 0.15) is 66.6 Å². The summed E-state index contributed by atoms with van der Waals surface area (Å²) >= 11 is 0. The highest BCUT2D eigenvalue weighted by atomic mass is 32.2. The zero-order valence-corrected chi connectivity index (χ0v) is 17.7. The SMILES string of the molecule is Cc1cc(C(C)NC(=O)c2cccc(S(=O)(=O)N3CCCCC3C)c2)c(C)o1. The van der Waals surface area contributed by atoms with Crippen LogP contribution in [-0.4, -0.2) is 31.2 Å². The molecule has 3 rings (SSSR count). The number of nitrogens with zero attached hydrogens (tertiary/aromatic N) is 1. The van der Waals surface area contributed by atoms with Gasteiger partial charge in [0.05, 0.1) is 10.9 Å². The maximum absolute atomic E-state index is 13.0. The van der Waals surface area contributed by atoms with Gasteiger partial charge in [-0.3, -0.25) is 4.79 Å². The first kappa shape index (κ1) is 20.6. The predicted octanol–water partition coefficient (Wildman–Crippen LogP) is 3.95. The minimum absolute atomic E-state index is 0.0245. The van der Waals surface area contributed by atoms with Crippen molar-refractivity contribution in [2.75, 3.05) is 6.54 Å². The number of aryl methyl sites for hydroxylation is 2. The number of piperidine rings is 1. The van der Waals surface area contributed by atoms with Gasteiger partial charge in [-0.15, -0.1) is 0 Å². The summed E-state index contributed by atoms with van der Waals surface area (Å²) in [5.74, 6) is 1.24. The second-order valence-electron chi connectivity index (χ2n) is 7.55. The fraction of sp³-hybridized carbons (Fsp3) is 0.476. The molecule has 7 heteroatoms. The van der Waals surface area contributed by atoms with E-state index in [1.165, 1.54) is 6.07 Å². The van der Waals surface area contributed by atoms with Crippen molar-refractivity contribution in [3.8, 4) is 0 Å². The minimum Gasteiger partial charge on any atom is -0.466 e. The van der Waals surface area contributed by atoms with E-state index < -0.39 is 10.0 Å². The van der Waals surface area contributed by atoms with Gasteiger partial charge in [0.25, 0.3) is 5.91 Å². The predicted molar refractivity (Wildman–Crippen MR) is 108 cm³/mol. The summed E-state index contributed by atoms with van der Waals surface area (Å²) in [6.07, 6.45) is 2.77. The summed E-state index contributed by atoms with van der Waals surface area (Å²) in [4.78, 5) is 12.9. The molecule has 1 aromatic carbocycles. The van der Waals surface area contributed by atoms with Crippen molar-refractivity contribution in [2.45, 2.75) is 63.9 Å². The highest BCUT2D eigenvalue weighted by Gasteiger charge is 2.31. The molecule has 1 saturated heterocycles. The summed E-state index contributed by atoms with van der Waals surface area (Å²) in [6.45, 7) is 8.06. The lowest BCUT2D eigenvalue weighted by molar-refractivity contribution is 0.0939. The number of sulfonamides is 1. The van der Waals surface area contributed by atoms with Crippen LogP contribution >= 0.6 is 0 Å². The number of hydrogen-bond acceptors (Lipinski definition) is 4. The largest absolute Gasteiger partial charge is 0.466 e. The van der Waals surface area contributed by atoms with Gasteiger partial charge in [-0.2, -0.15) is 4.31 Å². The first-order valence-electron chi connectivity index (χ1n) is 9.70. The molecule has 6 nitrogen and oxygen atoms in total. The molecule has 1 fully saturated rings. The minimum atomic E-state index is -3.61. The van der Waals surface area contributed by atoms with Gasteiger partial charge in [-0.05, 0) is 64.8 Å². The molecule has 2 atom stereocenters. The maximum Gasteiger partial charge on any atom is 0.251 e. The van der Waals surface area contributed by atoms with E-state index in [1.807, 2.05) is 33.8 Å². The number of amides is 1. The van der Waals surface area contributed by atoms with E-state index in [0.29, 0.717) is 12.1 Å². The fourth-order valence-electron chi connectivity index (χ4n) is 3.80. The van der Waals surface area contributed by atoms with Crippen molar-refractivity contribution in [1.29, 1.82) is 0 Å². The van der Waals surface area contributed by atoms with Crippen molar-refractivity contribution < 1.29 is 17.6 Å². The molecule has 1 aliphatic heterocycles. The summed E-state index contributed by atoms with van der Waals surface area (Å²) in [6, 6.07) is 7.91. The topological polar surface area (TPSA) is 79.6 Å². The summed E-state index contributed by atoms with van der Waals surface area (Å²) in [5, 5.41) is 2.93. The summed E-state index contributed by atoms with van der Waals surface area (Å²) in [7, 11) is -3.61. The fourth-order valence-corrected chi connectivity index (χ4v) is 5.55. The van der Waals surface area contributed by atoms with Gasteiger partial charge in [0.2, 0.25) is 10.0 Å². The van der Waals surface area contributed by atoms with Crippen LogP contribution in [0.2, 0.25) is 0 Å². The van der Waals surface area contributed by atoms with E-state index in [-0.39, 0.29) is 22.9 Å². The van der Waals surface area contributed by atoms with Crippen molar-refractivity contribution in [2.24, 2.45) is 0 Å². The number of carbonyl (C=O) groups is 1. The van der Waals surface area contributed by atoms with Crippen LogP contribution in [0.5, 0.6) is 0 Å². The van der Waals surface area contributed by atoms with E-state index in [9.17, 15) is 13.2 Å². The zero-order valence-electron chi connectivity index (χ0n) is 16.9. The van der Waals surface area contributed by atoms with Crippen LogP contribution in [0.15, 0.2) is 39.6 Å². The highest BCUT2D eigenvalue weighted by Crippen LogP contribution is 2.26. The second kappa shape index (κ2) is 8.09. The molecular formula is C21H28N2O4S. The van der Waals surface area contributed by atoms with Crippen LogP contribution in [0, 0.1) is 13.8 Å². The molecule has 2 heterocycles. The van der Waals surface area contributed by atoms with E-state index in [4.69, 9.17) is 4.42 Å². The molecule has 152 valence electrons. The second-order valence-corrected chi connectivity index (χ2v) is 9.44. The Hall–Kier alpha value is -2.12. The number of rotatable bonds is 5. The third kappa shape index (κ3) is 4.15. The molecule has 2 unspecified atom stereocenters. The molecule has 1 N–H and O–H groups in total. The third-order valence-electron chi connectivity index (χ3n) is 5.34. The van der Waals surface area contributed by atoms with Crippen LogP contribution in [0.25, 0.3) is 0 Å². The standard InChI is InChI=1S/C21H28N2O4S/c1-14-8-5-6-11-23(14)28(25,26)19-10-7-9-18(13-19)21(24)22-16(3)20-12-15(2)27-17(20)4/h7,9-10,12-14,16H,5-6,8,11H2,1-4H3,(H,22,24). The Bertz CT molecular complexity index is 965. The molecule has 1 aromatic heterocycles. The molecule has 0 aliphatic carbocycles. The van der Waals surface area contributed by atoms with Gasteiger partial charge in [-0.25, -0.2) is 8.42 Å². The Labute approximate surface area is 167 Å². The van der Waals surface area contributed by atoms with Gasteiger partial charge in [-0.1, -0.05) is 12.5 Å². The van der Waals surface area contributed by atoms with Crippen LogP contribution < -0.4 is 5.32 Å². The van der Waals surface area contributed by atoms with Crippen molar-refractivity contribution >= 4 is 15.9 Å². The normalized spacial score (nSPS) is 19.4. The van der Waals surface area contributed by atoms with Gasteiger partial charge < -0.3 is 9.73 Å². The number of carbonyl (C=O) groups excluding carboxylic acids is 1. The Balaban J connectivity index is 1.80. The van der Waals surface area contributed by atoms with E-state index in [0.717, 1.165) is 36.3 Å². The van der Waals surface area contributed by atoms with Crippen molar-refractivity contribution in [3.63, 3.8) is 0 Å². The van der Waals surface area contributed by atoms with Crippen LogP contribution in [-0.2, 0) is 10.0 Å². The zero-order chi connectivity index (χ0) is 20.5. The molecule has 28 heavy (non-hydrogen) atoms. The lowest BCUT2D eigenvalue weighted by Gasteiger charge is -2.32. The Morgan fingerprint density at radius 1 is 1.25 bits per heavy atom. The van der Waals surface area contributed by atoms with Gasteiger partial charge in [0, 0.05) is 23.7 Å².